The topological polar surface area (TPSA) is 77.8 Å². The zero-order chi connectivity index (χ0) is 16.2. The van der Waals surface area contributed by atoms with Crippen LogP contribution in [0.15, 0.2) is 29.5 Å². The molecule has 0 aliphatic rings. The van der Waals surface area contributed by atoms with Gasteiger partial charge in [0, 0.05) is 12.2 Å². The Morgan fingerprint density at radius 1 is 1.24 bits per heavy atom. The highest BCUT2D eigenvalue weighted by atomic mass is 35.5. The van der Waals surface area contributed by atoms with Gasteiger partial charge in [0.15, 0.2) is 0 Å². The number of benzene rings is 1. The number of carboxylic acids is 2. The van der Waals surface area contributed by atoms with Gasteiger partial charge in [-0.15, -0.1) is 0 Å². The van der Waals surface area contributed by atoms with Gasteiger partial charge in [-0.25, -0.2) is 14.0 Å². The predicted molar refractivity (Wildman–Crippen MR) is 77.0 cm³/mol. The smallest absolute Gasteiger partial charge is 0.353 e. The van der Waals surface area contributed by atoms with E-state index in [1.807, 2.05) is 0 Å². The Balaban J connectivity index is 3.48. The van der Waals surface area contributed by atoms with Crippen molar-refractivity contribution in [2.45, 2.75) is 20.3 Å². The summed E-state index contributed by atoms with van der Waals surface area (Å²) in [5, 5.41) is 18.3. The van der Waals surface area contributed by atoms with E-state index < -0.39 is 17.8 Å². The van der Waals surface area contributed by atoms with Gasteiger partial charge in [-0.3, -0.25) is 0 Å². The van der Waals surface area contributed by atoms with Crippen LogP contribution < -0.4 is 4.90 Å². The summed E-state index contributed by atoms with van der Waals surface area (Å²) in [6.45, 7) is 3.41. The van der Waals surface area contributed by atoms with Gasteiger partial charge in [0.25, 0.3) is 0 Å². The van der Waals surface area contributed by atoms with Crippen molar-refractivity contribution in [2.24, 2.45) is 0 Å². The number of likely N-dealkylation sites (N-methyl/N-ethyl adjacent to an activating group) is 1. The fourth-order valence-electron chi connectivity index (χ4n) is 1.95. The number of nitrogens with zero attached hydrogens (tertiary/aromatic N) is 1. The molecule has 2 N–H and O–H groups in total. The summed E-state index contributed by atoms with van der Waals surface area (Å²) >= 11 is 5.69. The van der Waals surface area contributed by atoms with Crippen molar-refractivity contribution in [1.29, 1.82) is 0 Å². The van der Waals surface area contributed by atoms with Gasteiger partial charge in [-0.1, -0.05) is 18.5 Å². The Bertz CT molecular complexity index is 601. The van der Waals surface area contributed by atoms with E-state index in [1.54, 1.807) is 13.8 Å². The minimum absolute atomic E-state index is 0.0440. The Morgan fingerprint density at radius 3 is 2.24 bits per heavy atom. The van der Waals surface area contributed by atoms with Crippen LogP contribution >= 0.6 is 11.6 Å². The van der Waals surface area contributed by atoms with Gasteiger partial charge in [0.2, 0.25) is 0 Å². The second-order valence-electron chi connectivity index (χ2n) is 4.13. The number of halogens is 2. The van der Waals surface area contributed by atoms with Crippen LogP contribution in [0.2, 0.25) is 5.02 Å². The molecular weight excluding hydrogens is 301 g/mol. The maximum Gasteiger partial charge on any atom is 0.353 e. The first-order valence-electron chi connectivity index (χ1n) is 6.25. The Labute approximate surface area is 126 Å². The third kappa shape index (κ3) is 3.72. The molecule has 1 aromatic carbocycles. The van der Waals surface area contributed by atoms with E-state index in [1.165, 1.54) is 17.0 Å². The summed E-state index contributed by atoms with van der Waals surface area (Å²) in [7, 11) is 0. The van der Waals surface area contributed by atoms with Crippen LogP contribution in [0.5, 0.6) is 0 Å². The van der Waals surface area contributed by atoms with Crippen LogP contribution in [0.25, 0.3) is 0 Å². The lowest BCUT2D eigenvalue weighted by Crippen LogP contribution is -2.30. The highest BCUT2D eigenvalue weighted by Crippen LogP contribution is 2.27. The lowest BCUT2D eigenvalue weighted by Gasteiger charge is -2.25. The summed E-state index contributed by atoms with van der Waals surface area (Å²) in [6.07, 6.45) is 0.0440. The molecule has 114 valence electrons. The molecule has 0 aromatic heterocycles. The lowest BCUT2D eigenvalue weighted by molar-refractivity contribution is -0.136. The van der Waals surface area contributed by atoms with Gasteiger partial charge in [0.1, 0.15) is 11.5 Å². The molecule has 7 heteroatoms. The highest BCUT2D eigenvalue weighted by molar-refractivity contribution is 6.31. The van der Waals surface area contributed by atoms with E-state index in [-0.39, 0.29) is 29.3 Å². The van der Waals surface area contributed by atoms with Gasteiger partial charge >= 0.3 is 11.9 Å². The van der Waals surface area contributed by atoms with Gasteiger partial charge in [-0.2, -0.15) is 0 Å². The number of hydrogen-bond donors (Lipinski definition) is 2. The Morgan fingerprint density at radius 2 is 1.86 bits per heavy atom. The monoisotopic (exact) mass is 315 g/mol. The third-order valence-electron chi connectivity index (χ3n) is 2.90. The largest absolute Gasteiger partial charge is 0.478 e. The number of aliphatic carboxylic acids is 2. The molecular formula is C14H15ClFNO4. The molecule has 1 rings (SSSR count). The maximum atomic E-state index is 13.2. The van der Waals surface area contributed by atoms with Crippen LogP contribution in [-0.2, 0) is 9.59 Å². The van der Waals surface area contributed by atoms with Crippen molar-refractivity contribution < 1.29 is 24.2 Å². The van der Waals surface area contributed by atoms with E-state index in [0.29, 0.717) is 5.69 Å². The summed E-state index contributed by atoms with van der Waals surface area (Å²) in [6, 6.07) is 3.72. The summed E-state index contributed by atoms with van der Waals surface area (Å²) in [5.74, 6) is -3.30. The van der Waals surface area contributed by atoms with Crippen LogP contribution in [0.3, 0.4) is 0 Å². The number of rotatable bonds is 6. The molecule has 0 saturated carbocycles. The minimum atomic E-state index is -1.36. The second-order valence-corrected chi connectivity index (χ2v) is 4.54. The molecule has 0 atom stereocenters. The average Bonchev–Trinajstić information content (AvgIpc) is 2.41. The molecule has 0 fully saturated rings. The molecule has 0 aliphatic carbocycles. The molecule has 0 bridgehead atoms. The molecule has 5 nitrogen and oxygen atoms in total. The first-order chi connectivity index (χ1) is 9.83. The molecule has 1 aromatic rings. The molecule has 21 heavy (non-hydrogen) atoms. The molecule has 0 unspecified atom stereocenters. The molecule has 0 aliphatic heterocycles. The van der Waals surface area contributed by atoms with Gasteiger partial charge in [-0.05, 0) is 31.5 Å². The Hall–Kier alpha value is -2.08. The SMILES string of the molecule is CCC(C(=O)O)=C(C(=O)O)N(CC)c1ccc(F)c(Cl)c1. The predicted octanol–water partition coefficient (Wildman–Crippen LogP) is 3.14. The fourth-order valence-corrected chi connectivity index (χ4v) is 2.12. The standard InChI is InChI=1S/C14H15ClFNO4/c1-3-9(13(18)19)12(14(20)21)17(4-2)8-5-6-11(16)10(15)7-8/h5-7H,3-4H2,1-2H3,(H,18,19)(H,20,21). The van der Waals surface area contributed by atoms with Crippen molar-refractivity contribution in [3.8, 4) is 0 Å². The number of carboxylic acid groups (broad SMARTS) is 2. The minimum Gasteiger partial charge on any atom is -0.478 e. The van der Waals surface area contributed by atoms with Crippen molar-refractivity contribution >= 4 is 29.2 Å². The van der Waals surface area contributed by atoms with Crippen LogP contribution in [0.4, 0.5) is 10.1 Å². The van der Waals surface area contributed by atoms with E-state index in [9.17, 15) is 19.1 Å². The van der Waals surface area contributed by atoms with Crippen molar-refractivity contribution in [3.63, 3.8) is 0 Å². The first-order valence-corrected chi connectivity index (χ1v) is 6.63. The van der Waals surface area contributed by atoms with Crippen LogP contribution in [0.1, 0.15) is 20.3 Å². The quantitative estimate of drug-likeness (QED) is 0.789. The van der Waals surface area contributed by atoms with Crippen LogP contribution in [-0.4, -0.2) is 28.7 Å². The highest BCUT2D eigenvalue weighted by Gasteiger charge is 2.25. The average molecular weight is 316 g/mol. The normalized spacial score (nSPS) is 11.8. The number of hydrogen-bond acceptors (Lipinski definition) is 3. The number of anilines is 1. The Kier molecular flexibility index (Phi) is 5.72. The van der Waals surface area contributed by atoms with Crippen molar-refractivity contribution in [2.75, 3.05) is 11.4 Å². The summed E-state index contributed by atoms with van der Waals surface area (Å²) < 4.78 is 13.2. The van der Waals surface area contributed by atoms with Crippen molar-refractivity contribution in [3.05, 3.63) is 40.3 Å². The molecule has 0 saturated heterocycles. The lowest BCUT2D eigenvalue weighted by atomic mass is 10.1. The first kappa shape index (κ1) is 17.0. The zero-order valence-electron chi connectivity index (χ0n) is 11.6. The van der Waals surface area contributed by atoms with E-state index >= 15 is 0 Å². The molecule has 0 spiro atoms. The second kappa shape index (κ2) is 7.08. The van der Waals surface area contributed by atoms with Crippen LogP contribution in [0, 0.1) is 5.82 Å². The molecule has 0 radical (unpaired) electrons. The fraction of sp³-hybridized carbons (Fsp3) is 0.286. The zero-order valence-corrected chi connectivity index (χ0v) is 12.3. The van der Waals surface area contributed by atoms with E-state index in [4.69, 9.17) is 16.7 Å². The van der Waals surface area contributed by atoms with E-state index in [0.717, 1.165) is 6.07 Å². The van der Waals surface area contributed by atoms with Crippen molar-refractivity contribution in [1.82, 2.24) is 0 Å². The molecule has 0 heterocycles. The summed E-state index contributed by atoms with van der Waals surface area (Å²) in [5.41, 5.74) is -0.270. The summed E-state index contributed by atoms with van der Waals surface area (Å²) in [4.78, 5) is 24.0. The maximum absolute atomic E-state index is 13.2. The molecule has 0 amide bonds. The number of carbonyl (C=O) groups is 2. The van der Waals surface area contributed by atoms with Gasteiger partial charge < -0.3 is 15.1 Å². The third-order valence-corrected chi connectivity index (χ3v) is 3.19. The van der Waals surface area contributed by atoms with E-state index in [2.05, 4.69) is 0 Å². The van der Waals surface area contributed by atoms with Gasteiger partial charge in [0.05, 0.1) is 10.6 Å².